The zero-order chi connectivity index (χ0) is 15.7. The first-order valence-corrected chi connectivity index (χ1v) is 9.02. The summed E-state index contributed by atoms with van der Waals surface area (Å²) in [5.41, 5.74) is 2.71. The van der Waals surface area contributed by atoms with Crippen LogP contribution >= 0.6 is 24.0 Å². The number of benzene rings is 2. The van der Waals surface area contributed by atoms with Crippen molar-refractivity contribution in [1.29, 1.82) is 0 Å². The number of nitrogens with zero attached hydrogens (tertiary/aromatic N) is 2. The second kappa shape index (κ2) is 7.45. The van der Waals surface area contributed by atoms with Crippen molar-refractivity contribution in [2.75, 3.05) is 19.6 Å². The van der Waals surface area contributed by atoms with Crippen LogP contribution in [0.15, 0.2) is 54.6 Å². The van der Waals surface area contributed by atoms with Crippen molar-refractivity contribution in [2.24, 2.45) is 0 Å². The highest BCUT2D eigenvalue weighted by atomic mass is 35.5. The van der Waals surface area contributed by atoms with Crippen LogP contribution in [0.5, 0.6) is 0 Å². The summed E-state index contributed by atoms with van der Waals surface area (Å²) in [5, 5.41) is 6.02. The van der Waals surface area contributed by atoms with E-state index in [4.69, 9.17) is 11.6 Å². The quantitative estimate of drug-likeness (QED) is 0.748. The topological polar surface area (TPSA) is 6.48 Å². The van der Waals surface area contributed by atoms with Crippen LogP contribution in [0, 0.1) is 0 Å². The molecule has 24 heavy (non-hydrogen) atoms. The Morgan fingerprint density at radius 2 is 1.38 bits per heavy atom. The van der Waals surface area contributed by atoms with Gasteiger partial charge in [-0.1, -0.05) is 54.1 Å². The van der Waals surface area contributed by atoms with Gasteiger partial charge < -0.3 is 0 Å². The van der Waals surface area contributed by atoms with E-state index in [-0.39, 0.29) is 17.9 Å². The lowest BCUT2D eigenvalue weighted by atomic mass is 9.81. The molecule has 0 unspecified atom stereocenters. The Kier molecular flexibility index (Phi) is 5.51. The molecule has 2 aromatic rings. The van der Waals surface area contributed by atoms with Crippen LogP contribution in [-0.4, -0.2) is 29.7 Å². The van der Waals surface area contributed by atoms with E-state index < -0.39 is 0 Å². The average molecular weight is 363 g/mol. The molecule has 2 aromatic carbocycles. The first-order chi connectivity index (χ1) is 11.3. The van der Waals surface area contributed by atoms with Gasteiger partial charge in [0.05, 0.1) is 5.54 Å². The summed E-state index contributed by atoms with van der Waals surface area (Å²) in [6, 6.07) is 19.5. The van der Waals surface area contributed by atoms with Crippen molar-refractivity contribution >= 4 is 24.0 Å². The monoisotopic (exact) mass is 362 g/mol. The van der Waals surface area contributed by atoms with E-state index in [0.29, 0.717) is 0 Å². The highest BCUT2D eigenvalue weighted by molar-refractivity contribution is 6.30. The molecule has 0 aliphatic carbocycles. The zero-order valence-electron chi connectivity index (χ0n) is 13.8. The molecule has 0 radical (unpaired) electrons. The number of hydrazine groups is 1. The highest BCUT2D eigenvalue weighted by Crippen LogP contribution is 2.46. The third-order valence-electron chi connectivity index (χ3n) is 5.35. The Bertz CT molecular complexity index is 653. The van der Waals surface area contributed by atoms with Crippen LogP contribution in [0.3, 0.4) is 0 Å². The van der Waals surface area contributed by atoms with Gasteiger partial charge in [-0.3, -0.25) is 0 Å². The molecule has 0 amide bonds. The van der Waals surface area contributed by atoms with Crippen molar-refractivity contribution < 1.29 is 0 Å². The fraction of sp³-hybridized carbons (Fsp3) is 0.400. The minimum absolute atomic E-state index is 0. The molecular formula is C20H24Cl2N2. The van der Waals surface area contributed by atoms with E-state index in [1.165, 1.54) is 43.5 Å². The highest BCUT2D eigenvalue weighted by Gasteiger charge is 2.46. The van der Waals surface area contributed by atoms with Gasteiger partial charge in [-0.15, -0.1) is 12.4 Å². The molecule has 2 aliphatic heterocycles. The predicted molar refractivity (Wildman–Crippen MR) is 103 cm³/mol. The van der Waals surface area contributed by atoms with Crippen LogP contribution < -0.4 is 0 Å². The summed E-state index contributed by atoms with van der Waals surface area (Å²) in [6.07, 6.45) is 5.01. The molecule has 0 aromatic heterocycles. The molecule has 4 rings (SSSR count). The number of halogens is 2. The number of hydrogen-bond acceptors (Lipinski definition) is 2. The Balaban J connectivity index is 0.00000169. The maximum absolute atomic E-state index is 6.15. The molecular weight excluding hydrogens is 339 g/mol. The van der Waals surface area contributed by atoms with Gasteiger partial charge >= 0.3 is 0 Å². The molecule has 0 bridgehead atoms. The standard InChI is InChI=1S/C20H23ClN2.ClH/c21-19-11-9-18(10-12-19)20(17-7-2-1-3-8-17)13-6-16-23(20)22-14-4-5-15-22;/h1-3,7-12H,4-6,13-16H2;1H/t20-;/m0./s1. The molecule has 4 heteroatoms. The first-order valence-electron chi connectivity index (χ1n) is 8.65. The number of rotatable bonds is 3. The molecule has 2 heterocycles. The van der Waals surface area contributed by atoms with Gasteiger partial charge in [0.1, 0.15) is 0 Å². The lowest BCUT2D eigenvalue weighted by Crippen LogP contribution is -2.51. The number of hydrogen-bond donors (Lipinski definition) is 0. The Hall–Kier alpha value is -1.06. The van der Waals surface area contributed by atoms with E-state index in [9.17, 15) is 0 Å². The fourth-order valence-corrected chi connectivity index (χ4v) is 4.45. The smallest absolute Gasteiger partial charge is 0.0854 e. The van der Waals surface area contributed by atoms with E-state index in [2.05, 4.69) is 52.5 Å². The Labute approximate surface area is 155 Å². The molecule has 1 atom stereocenters. The summed E-state index contributed by atoms with van der Waals surface area (Å²) in [6.45, 7) is 3.50. The predicted octanol–water partition coefficient (Wildman–Crippen LogP) is 5.11. The van der Waals surface area contributed by atoms with Crippen molar-refractivity contribution in [2.45, 2.75) is 31.2 Å². The minimum atomic E-state index is -0.0454. The Morgan fingerprint density at radius 1 is 0.750 bits per heavy atom. The normalized spacial score (nSPS) is 24.9. The molecule has 2 saturated heterocycles. The van der Waals surface area contributed by atoms with Crippen LogP contribution in [0.2, 0.25) is 5.02 Å². The van der Waals surface area contributed by atoms with Crippen LogP contribution in [0.4, 0.5) is 0 Å². The maximum atomic E-state index is 6.15. The molecule has 2 fully saturated rings. The zero-order valence-corrected chi connectivity index (χ0v) is 15.4. The third-order valence-corrected chi connectivity index (χ3v) is 5.60. The summed E-state index contributed by atoms with van der Waals surface area (Å²) >= 11 is 6.15. The lowest BCUT2D eigenvalue weighted by Gasteiger charge is -2.44. The molecule has 2 aliphatic rings. The van der Waals surface area contributed by atoms with Crippen LogP contribution in [0.1, 0.15) is 36.8 Å². The fourth-order valence-electron chi connectivity index (χ4n) is 4.32. The van der Waals surface area contributed by atoms with Gasteiger partial charge in [0.25, 0.3) is 0 Å². The average Bonchev–Trinajstić information content (AvgIpc) is 3.26. The second-order valence-corrected chi connectivity index (χ2v) is 7.06. The van der Waals surface area contributed by atoms with Gasteiger partial charge in [-0.25, -0.2) is 10.0 Å². The first kappa shape index (κ1) is 17.8. The SMILES string of the molecule is Cl.Clc1ccc([C@@]2(c3ccccc3)CCCN2N2CCCC2)cc1. The summed E-state index contributed by atoms with van der Waals surface area (Å²) in [7, 11) is 0. The van der Waals surface area contributed by atoms with Crippen molar-refractivity contribution in [3.8, 4) is 0 Å². The van der Waals surface area contributed by atoms with Gasteiger partial charge in [-0.05, 0) is 48.9 Å². The van der Waals surface area contributed by atoms with Crippen molar-refractivity contribution in [3.05, 3.63) is 70.7 Å². The largest absolute Gasteiger partial charge is 0.241 e. The second-order valence-electron chi connectivity index (χ2n) is 6.62. The van der Waals surface area contributed by atoms with Gasteiger partial charge in [0.2, 0.25) is 0 Å². The van der Waals surface area contributed by atoms with Crippen molar-refractivity contribution in [3.63, 3.8) is 0 Å². The lowest BCUT2D eigenvalue weighted by molar-refractivity contribution is -0.0537. The van der Waals surface area contributed by atoms with E-state index in [1.807, 2.05) is 12.1 Å². The minimum Gasteiger partial charge on any atom is -0.241 e. The molecule has 0 spiro atoms. The maximum Gasteiger partial charge on any atom is 0.0854 e. The Morgan fingerprint density at radius 3 is 2.04 bits per heavy atom. The van der Waals surface area contributed by atoms with Gasteiger partial charge in [0.15, 0.2) is 0 Å². The summed E-state index contributed by atoms with van der Waals surface area (Å²) in [4.78, 5) is 0. The van der Waals surface area contributed by atoms with Gasteiger partial charge in [0, 0.05) is 24.7 Å². The molecule has 128 valence electrons. The van der Waals surface area contributed by atoms with E-state index >= 15 is 0 Å². The van der Waals surface area contributed by atoms with Crippen molar-refractivity contribution in [1.82, 2.24) is 10.0 Å². The van der Waals surface area contributed by atoms with Crippen LogP contribution in [-0.2, 0) is 5.54 Å². The summed E-state index contributed by atoms with van der Waals surface area (Å²) < 4.78 is 0. The molecule has 0 saturated carbocycles. The molecule has 2 nitrogen and oxygen atoms in total. The third kappa shape index (κ3) is 2.97. The van der Waals surface area contributed by atoms with Crippen LogP contribution in [0.25, 0.3) is 0 Å². The van der Waals surface area contributed by atoms with E-state index in [0.717, 1.165) is 18.0 Å². The molecule has 0 N–H and O–H groups in total. The summed E-state index contributed by atoms with van der Waals surface area (Å²) in [5.74, 6) is 0. The van der Waals surface area contributed by atoms with Gasteiger partial charge in [-0.2, -0.15) is 0 Å². The van der Waals surface area contributed by atoms with E-state index in [1.54, 1.807) is 0 Å².